The third-order valence-corrected chi connectivity index (χ3v) is 5.66. The highest BCUT2D eigenvalue weighted by Crippen LogP contribution is 2.30. The molecule has 3 rings (SSSR count). The first-order chi connectivity index (χ1) is 16.6. The number of hydrogen-bond acceptors (Lipinski definition) is 7. The summed E-state index contributed by atoms with van der Waals surface area (Å²) < 4.78 is 10.3. The Balaban J connectivity index is 1.90. The minimum Gasteiger partial charge on any atom is -0.489 e. The number of nitrogens with zero attached hydrogens (tertiary/aromatic N) is 3. The van der Waals surface area contributed by atoms with Gasteiger partial charge >= 0.3 is 18.0 Å². The molecule has 2 aromatic carbocycles. The number of nitrogens with two attached hydrogens (primary N) is 1. The fourth-order valence-electron chi connectivity index (χ4n) is 3.41. The van der Waals surface area contributed by atoms with E-state index >= 15 is 0 Å². The van der Waals surface area contributed by atoms with Crippen molar-refractivity contribution in [2.45, 2.75) is 39.2 Å². The van der Waals surface area contributed by atoms with Gasteiger partial charge in [-0.3, -0.25) is 9.69 Å². The lowest BCUT2D eigenvalue weighted by Crippen LogP contribution is -2.70. The van der Waals surface area contributed by atoms with Crippen molar-refractivity contribution in [3.8, 4) is 5.75 Å². The van der Waals surface area contributed by atoms with Gasteiger partial charge in [-0.15, -0.1) is 0 Å². The van der Waals surface area contributed by atoms with Crippen molar-refractivity contribution < 1.29 is 23.9 Å². The lowest BCUT2D eigenvalue weighted by Gasteiger charge is -2.45. The second-order valence-electron chi connectivity index (χ2n) is 8.03. The van der Waals surface area contributed by atoms with Gasteiger partial charge in [-0.05, 0) is 49.7 Å². The lowest BCUT2D eigenvalue weighted by molar-refractivity contribution is -0.140. The van der Waals surface area contributed by atoms with Gasteiger partial charge in [0.2, 0.25) is 6.29 Å². The second-order valence-corrected chi connectivity index (χ2v) is 8.88. The molecule has 188 valence electrons. The standard InChI is InChI=1S/C23H27Cl2N5O5/c1-14(2)35-19-9-8-17(12-18(19)25)27-21-29(13-15-4-6-16(24)7-5-15)22(32)28(23(33)30(21)26)11-10-20(31)34-3/h4-9,12,14,21,27H,10-11,13,26H2,1-3H3. The highest BCUT2D eigenvalue weighted by Gasteiger charge is 2.43. The first-order valence-electron chi connectivity index (χ1n) is 10.8. The smallest absolute Gasteiger partial charge is 0.345 e. The molecular formula is C23H27Cl2N5O5. The van der Waals surface area contributed by atoms with Crippen LogP contribution in [0.5, 0.6) is 5.75 Å². The zero-order valence-electron chi connectivity index (χ0n) is 19.5. The van der Waals surface area contributed by atoms with E-state index in [0.29, 0.717) is 21.5 Å². The molecule has 35 heavy (non-hydrogen) atoms. The maximum absolute atomic E-state index is 13.4. The summed E-state index contributed by atoms with van der Waals surface area (Å²) in [7, 11) is 1.23. The SMILES string of the molecule is COC(=O)CCN1C(=O)N(N)C(Nc2ccc(OC(C)C)c(Cl)c2)N(Cc2ccc(Cl)cc2)C1=O. The molecule has 0 saturated carbocycles. The number of carbonyl (C=O) groups is 3. The van der Waals surface area contributed by atoms with Crippen LogP contribution >= 0.6 is 23.2 Å². The van der Waals surface area contributed by atoms with Crippen LogP contribution < -0.4 is 15.9 Å². The number of ether oxygens (including phenoxy) is 2. The number of hydrazine groups is 1. The Hall–Kier alpha value is -3.21. The summed E-state index contributed by atoms with van der Waals surface area (Å²) in [6, 6.07) is 10.5. The number of esters is 1. The molecule has 1 unspecified atom stereocenters. The van der Waals surface area contributed by atoms with E-state index in [1.807, 2.05) is 13.8 Å². The third kappa shape index (κ3) is 6.47. The Kier molecular flexibility index (Phi) is 8.66. The van der Waals surface area contributed by atoms with Crippen molar-refractivity contribution in [2.24, 2.45) is 5.84 Å². The Bertz CT molecular complexity index is 1080. The van der Waals surface area contributed by atoms with Gasteiger partial charge in [-0.1, -0.05) is 35.3 Å². The van der Waals surface area contributed by atoms with Crippen LogP contribution in [0.3, 0.4) is 0 Å². The first-order valence-corrected chi connectivity index (χ1v) is 11.6. The van der Waals surface area contributed by atoms with Gasteiger partial charge in [0, 0.05) is 17.3 Å². The molecule has 0 radical (unpaired) electrons. The topological polar surface area (TPSA) is 117 Å². The number of rotatable bonds is 9. The molecule has 1 fully saturated rings. The normalized spacial score (nSPS) is 16.1. The molecule has 4 amide bonds. The van der Waals surface area contributed by atoms with E-state index in [-0.39, 0.29) is 25.6 Å². The first kappa shape index (κ1) is 26.4. The highest BCUT2D eigenvalue weighted by molar-refractivity contribution is 6.32. The maximum atomic E-state index is 13.4. The van der Waals surface area contributed by atoms with Crippen LogP contribution in [-0.4, -0.2) is 58.9 Å². The molecule has 1 aliphatic rings. The predicted molar refractivity (Wildman–Crippen MR) is 132 cm³/mol. The van der Waals surface area contributed by atoms with Crippen molar-refractivity contribution in [1.29, 1.82) is 0 Å². The summed E-state index contributed by atoms with van der Waals surface area (Å²) in [6.07, 6.45) is -1.28. The van der Waals surface area contributed by atoms with Gasteiger partial charge in [0.25, 0.3) is 0 Å². The number of anilines is 1. The van der Waals surface area contributed by atoms with Gasteiger partial charge in [-0.2, -0.15) is 0 Å². The van der Waals surface area contributed by atoms with Crippen LogP contribution in [0, 0.1) is 0 Å². The molecular weight excluding hydrogens is 497 g/mol. The summed E-state index contributed by atoms with van der Waals surface area (Å²) in [5.41, 5.74) is 1.26. The number of amides is 4. The number of benzene rings is 2. The van der Waals surface area contributed by atoms with Gasteiger partial charge in [0.1, 0.15) is 5.75 Å². The minimum atomic E-state index is -1.05. The Morgan fingerprint density at radius 1 is 1.11 bits per heavy atom. The van der Waals surface area contributed by atoms with Gasteiger partial charge < -0.3 is 14.8 Å². The number of urea groups is 2. The Morgan fingerprint density at radius 2 is 1.80 bits per heavy atom. The second kappa shape index (κ2) is 11.5. The molecule has 2 aromatic rings. The molecule has 12 heteroatoms. The van der Waals surface area contributed by atoms with Gasteiger partial charge in [0.15, 0.2) is 0 Å². The summed E-state index contributed by atoms with van der Waals surface area (Å²) in [4.78, 5) is 40.2. The van der Waals surface area contributed by atoms with Crippen LogP contribution in [-0.2, 0) is 16.1 Å². The molecule has 0 aliphatic carbocycles. The number of halogens is 2. The fourth-order valence-corrected chi connectivity index (χ4v) is 3.76. The largest absolute Gasteiger partial charge is 0.489 e. The zero-order chi connectivity index (χ0) is 25.7. The van der Waals surface area contributed by atoms with E-state index in [1.54, 1.807) is 42.5 Å². The number of methoxy groups -OCH3 is 1. The number of carbonyl (C=O) groups excluding carboxylic acids is 3. The third-order valence-electron chi connectivity index (χ3n) is 5.11. The van der Waals surface area contributed by atoms with E-state index in [2.05, 4.69) is 10.1 Å². The lowest BCUT2D eigenvalue weighted by atomic mass is 10.2. The van der Waals surface area contributed by atoms with Crippen molar-refractivity contribution >= 4 is 46.9 Å². The summed E-state index contributed by atoms with van der Waals surface area (Å²) >= 11 is 12.3. The van der Waals surface area contributed by atoms with Gasteiger partial charge in [-0.25, -0.2) is 25.3 Å². The van der Waals surface area contributed by atoms with E-state index < -0.39 is 24.3 Å². The minimum absolute atomic E-state index is 0.0646. The molecule has 1 atom stereocenters. The van der Waals surface area contributed by atoms with E-state index in [1.165, 1.54) is 12.0 Å². The molecule has 1 aliphatic heterocycles. The van der Waals surface area contributed by atoms with Crippen molar-refractivity contribution in [3.05, 3.63) is 58.1 Å². The predicted octanol–water partition coefficient (Wildman–Crippen LogP) is 4.27. The summed E-state index contributed by atoms with van der Waals surface area (Å²) in [6.45, 7) is 3.68. The molecule has 0 spiro atoms. The van der Waals surface area contributed by atoms with Crippen LogP contribution in [0.4, 0.5) is 15.3 Å². The molecule has 0 aromatic heterocycles. The fraction of sp³-hybridized carbons (Fsp3) is 0.348. The highest BCUT2D eigenvalue weighted by atomic mass is 35.5. The molecule has 0 bridgehead atoms. The van der Waals surface area contributed by atoms with Crippen LogP contribution in [0.2, 0.25) is 10.0 Å². The molecule has 1 saturated heterocycles. The Morgan fingerprint density at radius 3 is 2.40 bits per heavy atom. The van der Waals surface area contributed by atoms with E-state index in [0.717, 1.165) is 15.5 Å². The Labute approximate surface area is 213 Å². The van der Waals surface area contributed by atoms with Crippen LogP contribution in [0.1, 0.15) is 25.8 Å². The maximum Gasteiger partial charge on any atom is 0.345 e. The summed E-state index contributed by atoms with van der Waals surface area (Å²) in [5, 5.41) is 4.88. The quantitative estimate of drug-likeness (QED) is 0.286. The van der Waals surface area contributed by atoms with Crippen molar-refractivity contribution in [3.63, 3.8) is 0 Å². The summed E-state index contributed by atoms with van der Waals surface area (Å²) in [5.74, 6) is 6.10. The number of nitrogens with one attached hydrogen (secondary N) is 1. The monoisotopic (exact) mass is 523 g/mol. The molecule has 1 heterocycles. The molecule has 10 nitrogen and oxygen atoms in total. The average Bonchev–Trinajstić information content (AvgIpc) is 2.82. The van der Waals surface area contributed by atoms with Gasteiger partial charge in [0.05, 0.1) is 31.2 Å². The van der Waals surface area contributed by atoms with Crippen molar-refractivity contribution in [2.75, 3.05) is 19.0 Å². The van der Waals surface area contributed by atoms with E-state index in [4.69, 9.17) is 33.8 Å². The average molecular weight is 524 g/mol. The van der Waals surface area contributed by atoms with Crippen LogP contribution in [0.25, 0.3) is 0 Å². The molecule has 3 N–H and O–H groups in total. The number of imide groups is 1. The van der Waals surface area contributed by atoms with Crippen molar-refractivity contribution in [1.82, 2.24) is 14.8 Å². The van der Waals surface area contributed by atoms with E-state index in [9.17, 15) is 14.4 Å². The number of hydrogen-bond donors (Lipinski definition) is 2. The zero-order valence-corrected chi connectivity index (χ0v) is 21.0. The van der Waals surface area contributed by atoms with Crippen LogP contribution in [0.15, 0.2) is 42.5 Å².